The van der Waals surface area contributed by atoms with Crippen LogP contribution in [0.15, 0.2) is 24.3 Å². The molecule has 1 N–H and O–H groups in total. The highest BCUT2D eigenvalue weighted by Crippen LogP contribution is 2.18. The highest BCUT2D eigenvalue weighted by atomic mass is 16.5. The number of anilines is 2. The first kappa shape index (κ1) is 11.8. The van der Waals surface area contributed by atoms with Crippen LogP contribution in [0.25, 0.3) is 0 Å². The smallest absolute Gasteiger partial charge is 0.0642 e. The van der Waals surface area contributed by atoms with Crippen LogP contribution in [0.1, 0.15) is 6.42 Å². The first-order valence-corrected chi connectivity index (χ1v) is 6.00. The SMILES string of the molecule is C#CCCNc1ccc(N2CCOCC2)cc1. The molecule has 90 valence electrons. The summed E-state index contributed by atoms with van der Waals surface area (Å²) in [5.41, 5.74) is 2.38. The third-order valence-electron chi connectivity index (χ3n) is 2.84. The fraction of sp³-hybridized carbons (Fsp3) is 0.429. The Morgan fingerprint density at radius 2 is 1.94 bits per heavy atom. The number of nitrogens with zero attached hydrogens (tertiary/aromatic N) is 1. The molecule has 3 nitrogen and oxygen atoms in total. The molecule has 2 rings (SSSR count). The lowest BCUT2D eigenvalue weighted by molar-refractivity contribution is 0.122. The lowest BCUT2D eigenvalue weighted by Gasteiger charge is -2.28. The number of ether oxygens (including phenoxy) is 1. The quantitative estimate of drug-likeness (QED) is 0.632. The van der Waals surface area contributed by atoms with Crippen LogP contribution < -0.4 is 10.2 Å². The van der Waals surface area contributed by atoms with Crippen molar-refractivity contribution < 1.29 is 4.74 Å². The van der Waals surface area contributed by atoms with Crippen molar-refractivity contribution in [3.8, 4) is 12.3 Å². The predicted octanol–water partition coefficient (Wildman–Crippen LogP) is 1.96. The van der Waals surface area contributed by atoms with E-state index in [2.05, 4.69) is 40.4 Å². The minimum Gasteiger partial charge on any atom is -0.384 e. The van der Waals surface area contributed by atoms with Gasteiger partial charge < -0.3 is 15.0 Å². The molecule has 0 aliphatic carbocycles. The zero-order chi connectivity index (χ0) is 11.9. The van der Waals surface area contributed by atoms with Gasteiger partial charge in [-0.25, -0.2) is 0 Å². The highest BCUT2D eigenvalue weighted by Gasteiger charge is 2.10. The van der Waals surface area contributed by atoms with Crippen molar-refractivity contribution in [2.24, 2.45) is 0 Å². The molecule has 1 heterocycles. The molecule has 0 radical (unpaired) electrons. The van der Waals surface area contributed by atoms with Crippen molar-refractivity contribution >= 4 is 11.4 Å². The molecule has 0 atom stereocenters. The Bertz CT molecular complexity index is 374. The largest absolute Gasteiger partial charge is 0.384 e. The lowest BCUT2D eigenvalue weighted by atomic mass is 10.2. The van der Waals surface area contributed by atoms with E-state index < -0.39 is 0 Å². The van der Waals surface area contributed by atoms with Gasteiger partial charge in [-0.05, 0) is 24.3 Å². The monoisotopic (exact) mass is 230 g/mol. The fourth-order valence-corrected chi connectivity index (χ4v) is 1.89. The summed E-state index contributed by atoms with van der Waals surface area (Å²) in [5, 5.41) is 3.29. The Morgan fingerprint density at radius 3 is 2.59 bits per heavy atom. The van der Waals surface area contributed by atoms with E-state index in [9.17, 15) is 0 Å². The van der Waals surface area contributed by atoms with Gasteiger partial charge >= 0.3 is 0 Å². The molecule has 0 amide bonds. The van der Waals surface area contributed by atoms with Gasteiger partial charge in [0, 0.05) is 37.4 Å². The van der Waals surface area contributed by atoms with E-state index in [4.69, 9.17) is 11.2 Å². The van der Waals surface area contributed by atoms with E-state index in [1.54, 1.807) is 0 Å². The number of nitrogens with one attached hydrogen (secondary N) is 1. The van der Waals surface area contributed by atoms with E-state index in [-0.39, 0.29) is 0 Å². The summed E-state index contributed by atoms with van der Waals surface area (Å²) in [6.45, 7) is 4.42. The van der Waals surface area contributed by atoms with Crippen molar-refractivity contribution in [3.63, 3.8) is 0 Å². The third-order valence-corrected chi connectivity index (χ3v) is 2.84. The molecule has 1 aliphatic heterocycles. The van der Waals surface area contributed by atoms with Crippen molar-refractivity contribution in [1.82, 2.24) is 0 Å². The zero-order valence-electron chi connectivity index (χ0n) is 9.98. The summed E-state index contributed by atoms with van der Waals surface area (Å²) >= 11 is 0. The van der Waals surface area contributed by atoms with Gasteiger partial charge in [0.25, 0.3) is 0 Å². The zero-order valence-corrected chi connectivity index (χ0v) is 9.98. The number of rotatable bonds is 4. The van der Waals surface area contributed by atoms with Crippen LogP contribution in [-0.4, -0.2) is 32.8 Å². The Balaban J connectivity index is 1.90. The number of terminal acetylenes is 1. The maximum atomic E-state index is 5.34. The number of morpholine rings is 1. The maximum absolute atomic E-state index is 5.34. The van der Waals surface area contributed by atoms with Crippen LogP contribution >= 0.6 is 0 Å². The normalized spacial score (nSPS) is 15.4. The third kappa shape index (κ3) is 3.40. The van der Waals surface area contributed by atoms with E-state index in [0.29, 0.717) is 0 Å². The van der Waals surface area contributed by atoms with Gasteiger partial charge in [-0.1, -0.05) is 0 Å². The lowest BCUT2D eigenvalue weighted by Crippen LogP contribution is -2.36. The minimum absolute atomic E-state index is 0.755. The van der Waals surface area contributed by atoms with Crippen LogP contribution in [0.3, 0.4) is 0 Å². The fourth-order valence-electron chi connectivity index (χ4n) is 1.89. The molecular formula is C14H18N2O. The van der Waals surface area contributed by atoms with Crippen LogP contribution in [0, 0.1) is 12.3 Å². The molecule has 0 unspecified atom stereocenters. The minimum atomic E-state index is 0.755. The molecule has 1 saturated heterocycles. The first-order valence-electron chi connectivity index (χ1n) is 6.00. The highest BCUT2D eigenvalue weighted by molar-refractivity contribution is 5.55. The summed E-state index contributed by atoms with van der Waals surface area (Å²) in [5.74, 6) is 2.62. The molecule has 1 aromatic carbocycles. The van der Waals surface area contributed by atoms with E-state index in [1.807, 2.05) is 0 Å². The Morgan fingerprint density at radius 1 is 1.24 bits per heavy atom. The van der Waals surface area contributed by atoms with E-state index in [1.165, 1.54) is 5.69 Å². The average Bonchev–Trinajstić information content (AvgIpc) is 2.41. The summed E-state index contributed by atoms with van der Waals surface area (Å²) in [4.78, 5) is 2.34. The van der Waals surface area contributed by atoms with Crippen molar-refractivity contribution in [2.75, 3.05) is 43.1 Å². The van der Waals surface area contributed by atoms with E-state index >= 15 is 0 Å². The van der Waals surface area contributed by atoms with Crippen LogP contribution in [0.2, 0.25) is 0 Å². The number of benzene rings is 1. The van der Waals surface area contributed by atoms with Gasteiger partial charge in [-0.3, -0.25) is 0 Å². The van der Waals surface area contributed by atoms with Crippen LogP contribution in [-0.2, 0) is 4.74 Å². The van der Waals surface area contributed by atoms with Gasteiger partial charge in [0.15, 0.2) is 0 Å². The summed E-state index contributed by atoms with van der Waals surface area (Å²) in [6.07, 6.45) is 5.96. The first-order chi connectivity index (χ1) is 8.40. The molecule has 17 heavy (non-hydrogen) atoms. The Kier molecular flexibility index (Phi) is 4.29. The molecule has 0 bridgehead atoms. The Labute approximate surface area is 103 Å². The second-order valence-corrected chi connectivity index (χ2v) is 4.03. The standard InChI is InChI=1S/C14H18N2O/c1-2-3-8-15-13-4-6-14(7-5-13)16-9-11-17-12-10-16/h1,4-7,15H,3,8-12H2. The van der Waals surface area contributed by atoms with Gasteiger partial charge in [0.2, 0.25) is 0 Å². The molecular weight excluding hydrogens is 212 g/mol. The number of hydrogen-bond donors (Lipinski definition) is 1. The van der Waals surface area contributed by atoms with Crippen molar-refractivity contribution in [2.45, 2.75) is 6.42 Å². The molecule has 1 fully saturated rings. The summed E-state index contributed by atoms with van der Waals surface area (Å²) in [7, 11) is 0. The van der Waals surface area contributed by atoms with E-state index in [0.717, 1.165) is 45.0 Å². The summed E-state index contributed by atoms with van der Waals surface area (Å²) in [6, 6.07) is 8.48. The average molecular weight is 230 g/mol. The second-order valence-electron chi connectivity index (χ2n) is 4.03. The molecule has 1 aliphatic rings. The second kappa shape index (κ2) is 6.17. The number of hydrogen-bond acceptors (Lipinski definition) is 3. The molecule has 0 spiro atoms. The molecule has 3 heteroatoms. The Hall–Kier alpha value is -1.66. The van der Waals surface area contributed by atoms with Gasteiger partial charge in [0.1, 0.15) is 0 Å². The van der Waals surface area contributed by atoms with Gasteiger partial charge in [-0.15, -0.1) is 12.3 Å². The van der Waals surface area contributed by atoms with Gasteiger partial charge in [0.05, 0.1) is 13.2 Å². The van der Waals surface area contributed by atoms with Crippen LogP contribution in [0.4, 0.5) is 11.4 Å². The summed E-state index contributed by atoms with van der Waals surface area (Å²) < 4.78 is 5.34. The van der Waals surface area contributed by atoms with Crippen molar-refractivity contribution in [3.05, 3.63) is 24.3 Å². The predicted molar refractivity (Wildman–Crippen MR) is 71.4 cm³/mol. The topological polar surface area (TPSA) is 24.5 Å². The van der Waals surface area contributed by atoms with Crippen molar-refractivity contribution in [1.29, 1.82) is 0 Å². The van der Waals surface area contributed by atoms with Crippen LogP contribution in [0.5, 0.6) is 0 Å². The maximum Gasteiger partial charge on any atom is 0.0642 e. The molecule has 0 saturated carbocycles. The molecule has 0 aromatic heterocycles. The van der Waals surface area contributed by atoms with Gasteiger partial charge in [-0.2, -0.15) is 0 Å². The molecule has 1 aromatic rings.